The molecule has 3 aromatic carbocycles. The average Bonchev–Trinajstić information content (AvgIpc) is 2.75. The number of halogens is 1. The van der Waals surface area contributed by atoms with Crippen molar-refractivity contribution in [2.75, 3.05) is 18.4 Å². The molecule has 0 atom stereocenters. The molecule has 150 valence electrons. The third kappa shape index (κ3) is 4.16. The van der Waals surface area contributed by atoms with Gasteiger partial charge in [0.2, 0.25) is 15.9 Å². The molecule has 0 aliphatic carbocycles. The van der Waals surface area contributed by atoms with Crippen molar-refractivity contribution in [2.45, 2.75) is 17.7 Å². The Balaban J connectivity index is 1.42. The highest BCUT2D eigenvalue weighted by Gasteiger charge is 2.32. The minimum atomic E-state index is -3.61. The summed E-state index contributed by atoms with van der Waals surface area (Å²) in [5.74, 6) is -0.808. The molecule has 0 radical (unpaired) electrons. The molecule has 4 rings (SSSR count). The number of piperidine rings is 1. The van der Waals surface area contributed by atoms with E-state index in [9.17, 15) is 17.6 Å². The zero-order valence-electron chi connectivity index (χ0n) is 15.7. The summed E-state index contributed by atoms with van der Waals surface area (Å²) in [5, 5.41) is 4.64. The maximum atomic E-state index is 13.0. The maximum Gasteiger partial charge on any atom is 0.243 e. The molecular formula is C22H21FN2O3S. The van der Waals surface area contributed by atoms with Crippen LogP contribution >= 0.6 is 0 Å². The predicted molar refractivity (Wildman–Crippen MR) is 110 cm³/mol. The average molecular weight is 412 g/mol. The molecule has 1 aliphatic heterocycles. The quantitative estimate of drug-likeness (QED) is 0.704. The molecule has 0 bridgehead atoms. The van der Waals surface area contributed by atoms with Crippen LogP contribution in [0.3, 0.4) is 0 Å². The van der Waals surface area contributed by atoms with Gasteiger partial charge in [0.15, 0.2) is 0 Å². The van der Waals surface area contributed by atoms with Crippen molar-refractivity contribution in [1.29, 1.82) is 0 Å². The molecule has 0 unspecified atom stereocenters. The van der Waals surface area contributed by atoms with Crippen LogP contribution < -0.4 is 5.32 Å². The van der Waals surface area contributed by atoms with Crippen LogP contribution in [0, 0.1) is 11.7 Å². The van der Waals surface area contributed by atoms with Gasteiger partial charge in [-0.05, 0) is 60.0 Å². The Hall–Kier alpha value is -2.77. The lowest BCUT2D eigenvalue weighted by Gasteiger charge is -2.30. The number of carbonyl (C=O) groups excluding carboxylic acids is 1. The number of sulfonamides is 1. The second kappa shape index (κ2) is 7.93. The number of benzene rings is 3. The zero-order chi connectivity index (χ0) is 20.4. The van der Waals surface area contributed by atoms with Gasteiger partial charge in [0.05, 0.1) is 4.90 Å². The third-order valence-electron chi connectivity index (χ3n) is 5.30. The number of hydrogen-bond acceptors (Lipinski definition) is 3. The van der Waals surface area contributed by atoms with Crippen molar-refractivity contribution in [2.24, 2.45) is 5.92 Å². The lowest BCUT2D eigenvalue weighted by Crippen LogP contribution is -2.41. The first kappa shape index (κ1) is 19.5. The Morgan fingerprint density at radius 3 is 2.28 bits per heavy atom. The summed E-state index contributed by atoms with van der Waals surface area (Å²) in [6.45, 7) is 0.577. The number of anilines is 1. The number of amides is 1. The molecule has 1 saturated heterocycles. The molecule has 1 heterocycles. The topological polar surface area (TPSA) is 66.5 Å². The summed E-state index contributed by atoms with van der Waals surface area (Å²) in [6, 6.07) is 18.3. The Morgan fingerprint density at radius 1 is 0.931 bits per heavy atom. The van der Waals surface area contributed by atoms with Crippen LogP contribution in [0.2, 0.25) is 0 Å². The van der Waals surface area contributed by atoms with Gasteiger partial charge in [0.25, 0.3) is 0 Å². The standard InChI is InChI=1S/C22H21FN2O3S/c23-19-6-8-20(9-7-19)24-22(26)17-11-13-25(14-12-17)29(27,28)21-10-5-16-3-1-2-4-18(16)15-21/h1-10,15,17H,11-14H2,(H,24,26). The van der Waals surface area contributed by atoms with E-state index in [0.717, 1.165) is 10.8 Å². The Kier molecular flexibility index (Phi) is 5.34. The zero-order valence-corrected chi connectivity index (χ0v) is 16.5. The van der Waals surface area contributed by atoms with E-state index in [0.29, 0.717) is 18.5 Å². The van der Waals surface area contributed by atoms with Crippen molar-refractivity contribution in [3.8, 4) is 0 Å². The van der Waals surface area contributed by atoms with E-state index in [1.165, 1.54) is 28.6 Å². The number of rotatable bonds is 4. The summed E-state index contributed by atoms with van der Waals surface area (Å²) in [6.07, 6.45) is 0.889. The number of carbonyl (C=O) groups is 1. The molecule has 1 amide bonds. The summed E-state index contributed by atoms with van der Waals surface area (Å²) in [7, 11) is -3.61. The van der Waals surface area contributed by atoms with Crippen LogP contribution in [0.1, 0.15) is 12.8 Å². The number of fused-ring (bicyclic) bond motifs is 1. The molecule has 0 spiro atoms. The van der Waals surface area contributed by atoms with E-state index in [1.54, 1.807) is 12.1 Å². The first-order valence-electron chi connectivity index (χ1n) is 9.49. The van der Waals surface area contributed by atoms with Crippen LogP contribution in [-0.4, -0.2) is 31.7 Å². The van der Waals surface area contributed by atoms with Gasteiger partial charge < -0.3 is 5.32 Å². The van der Waals surface area contributed by atoms with E-state index in [4.69, 9.17) is 0 Å². The molecule has 1 N–H and O–H groups in total. The number of hydrogen-bond donors (Lipinski definition) is 1. The van der Waals surface area contributed by atoms with Crippen molar-refractivity contribution >= 4 is 32.4 Å². The van der Waals surface area contributed by atoms with E-state index in [-0.39, 0.29) is 35.6 Å². The van der Waals surface area contributed by atoms with Crippen LogP contribution in [0.4, 0.5) is 10.1 Å². The summed E-state index contributed by atoms with van der Waals surface area (Å²) >= 11 is 0. The molecule has 29 heavy (non-hydrogen) atoms. The molecule has 0 saturated carbocycles. The van der Waals surface area contributed by atoms with E-state index >= 15 is 0 Å². The highest BCUT2D eigenvalue weighted by molar-refractivity contribution is 7.89. The molecule has 0 aromatic heterocycles. The van der Waals surface area contributed by atoms with Crippen LogP contribution in [0.25, 0.3) is 10.8 Å². The first-order valence-corrected chi connectivity index (χ1v) is 10.9. The molecule has 1 fully saturated rings. The number of nitrogens with one attached hydrogen (secondary N) is 1. The fourth-order valence-corrected chi connectivity index (χ4v) is 5.12. The SMILES string of the molecule is O=C(Nc1ccc(F)cc1)C1CCN(S(=O)(=O)c2ccc3ccccc3c2)CC1. The van der Waals surface area contributed by atoms with Gasteiger partial charge in [-0.3, -0.25) is 4.79 Å². The van der Waals surface area contributed by atoms with Crippen molar-refractivity contribution in [1.82, 2.24) is 4.31 Å². The fourth-order valence-electron chi connectivity index (χ4n) is 3.61. The second-order valence-electron chi connectivity index (χ2n) is 7.18. The molecule has 1 aliphatic rings. The molecule has 7 heteroatoms. The van der Waals surface area contributed by atoms with Gasteiger partial charge in [-0.1, -0.05) is 30.3 Å². The molecule has 3 aromatic rings. The third-order valence-corrected chi connectivity index (χ3v) is 7.19. The van der Waals surface area contributed by atoms with Crippen LogP contribution in [0.5, 0.6) is 0 Å². The van der Waals surface area contributed by atoms with Crippen LogP contribution in [0.15, 0.2) is 71.6 Å². The summed E-state index contributed by atoms with van der Waals surface area (Å²) in [5.41, 5.74) is 0.530. The molecular weight excluding hydrogens is 391 g/mol. The monoisotopic (exact) mass is 412 g/mol. The minimum absolute atomic E-state index is 0.167. The van der Waals surface area contributed by atoms with Gasteiger partial charge in [0, 0.05) is 24.7 Å². The van der Waals surface area contributed by atoms with Gasteiger partial charge in [0.1, 0.15) is 5.82 Å². The smallest absolute Gasteiger partial charge is 0.243 e. The summed E-state index contributed by atoms with van der Waals surface area (Å²) < 4.78 is 40.5. The fraction of sp³-hybridized carbons (Fsp3) is 0.227. The largest absolute Gasteiger partial charge is 0.326 e. The maximum absolute atomic E-state index is 13.0. The second-order valence-corrected chi connectivity index (χ2v) is 9.12. The van der Waals surface area contributed by atoms with E-state index in [2.05, 4.69) is 5.32 Å². The Labute approximate surface area is 169 Å². The van der Waals surface area contributed by atoms with Gasteiger partial charge in [-0.2, -0.15) is 4.31 Å². The lowest BCUT2D eigenvalue weighted by atomic mass is 9.97. The first-order chi connectivity index (χ1) is 13.9. The van der Waals surface area contributed by atoms with Crippen LogP contribution in [-0.2, 0) is 14.8 Å². The van der Waals surface area contributed by atoms with Gasteiger partial charge in [-0.15, -0.1) is 0 Å². The minimum Gasteiger partial charge on any atom is -0.326 e. The van der Waals surface area contributed by atoms with Gasteiger partial charge in [-0.25, -0.2) is 12.8 Å². The highest BCUT2D eigenvalue weighted by Crippen LogP contribution is 2.27. The van der Waals surface area contributed by atoms with E-state index < -0.39 is 10.0 Å². The number of nitrogens with zero attached hydrogens (tertiary/aromatic N) is 1. The van der Waals surface area contributed by atoms with Gasteiger partial charge >= 0.3 is 0 Å². The Morgan fingerprint density at radius 2 is 1.59 bits per heavy atom. The normalized spacial score (nSPS) is 16.0. The van der Waals surface area contributed by atoms with Crippen molar-refractivity contribution < 1.29 is 17.6 Å². The lowest BCUT2D eigenvalue weighted by molar-refractivity contribution is -0.120. The van der Waals surface area contributed by atoms with Crippen molar-refractivity contribution in [3.63, 3.8) is 0 Å². The predicted octanol–water partition coefficient (Wildman–Crippen LogP) is 4.02. The highest BCUT2D eigenvalue weighted by atomic mass is 32.2. The molecule has 5 nitrogen and oxygen atoms in total. The summed E-state index contributed by atoms with van der Waals surface area (Å²) in [4.78, 5) is 12.7. The van der Waals surface area contributed by atoms with E-state index in [1.807, 2.05) is 30.3 Å². The Bertz CT molecular complexity index is 1140. The van der Waals surface area contributed by atoms with Crippen molar-refractivity contribution in [3.05, 3.63) is 72.5 Å².